The molecule has 0 radical (unpaired) electrons. The highest BCUT2D eigenvalue weighted by molar-refractivity contribution is 6.07. The first-order chi connectivity index (χ1) is 23.1. The molecule has 2 fully saturated rings. The van der Waals surface area contributed by atoms with Crippen LogP contribution in [0.2, 0.25) is 0 Å². The van der Waals surface area contributed by atoms with E-state index >= 15 is 0 Å². The van der Waals surface area contributed by atoms with E-state index < -0.39 is 88.8 Å². The van der Waals surface area contributed by atoms with Gasteiger partial charge < -0.3 is 43.9 Å². The lowest BCUT2D eigenvalue weighted by molar-refractivity contribution is -0.295. The lowest BCUT2D eigenvalue weighted by Gasteiger charge is -2.48. The van der Waals surface area contributed by atoms with Crippen molar-refractivity contribution in [3.63, 3.8) is 0 Å². The summed E-state index contributed by atoms with van der Waals surface area (Å²) >= 11 is 0. The fourth-order valence-corrected chi connectivity index (χ4v) is 7.33. The maximum absolute atomic E-state index is 14.2. The van der Waals surface area contributed by atoms with Gasteiger partial charge in [0.05, 0.1) is 35.5 Å². The maximum Gasteiger partial charge on any atom is 0.346 e. The number of carbonyl (C=O) groups excluding carboxylic acids is 4. The number of nitrogens with zero attached hydrogens (tertiary/aromatic N) is 1. The molecule has 0 aromatic heterocycles. The molecule has 1 aromatic carbocycles. The molecule has 282 valence electrons. The Bertz CT molecular complexity index is 1350. The molecule has 3 N–H and O–H groups in total. The van der Waals surface area contributed by atoms with Crippen molar-refractivity contribution in [1.82, 2.24) is 4.90 Å². The van der Waals surface area contributed by atoms with Crippen molar-refractivity contribution >= 4 is 23.5 Å². The summed E-state index contributed by atoms with van der Waals surface area (Å²) in [6, 6.07) is 8.06. The summed E-state index contributed by atoms with van der Waals surface area (Å²) in [5.74, 6) is -6.55. The summed E-state index contributed by atoms with van der Waals surface area (Å²) in [6.07, 6.45) is -6.52. The van der Waals surface area contributed by atoms with Gasteiger partial charge in [0.1, 0.15) is 17.5 Å². The third-order valence-electron chi connectivity index (χ3n) is 10.6. The van der Waals surface area contributed by atoms with E-state index in [-0.39, 0.29) is 25.0 Å². The Hall–Kier alpha value is -2.78. The van der Waals surface area contributed by atoms with Gasteiger partial charge in [0, 0.05) is 24.9 Å². The molecular formula is C37H57NO12. The summed E-state index contributed by atoms with van der Waals surface area (Å²) in [6.45, 7) is 11.9. The molecule has 3 rings (SSSR count). The van der Waals surface area contributed by atoms with Crippen LogP contribution in [0.15, 0.2) is 30.3 Å². The number of aliphatic hydroxyl groups is 3. The minimum absolute atomic E-state index is 0.00685. The van der Waals surface area contributed by atoms with Crippen LogP contribution in [0, 0.1) is 17.8 Å². The normalized spacial score (nSPS) is 41.0. The third-order valence-corrected chi connectivity index (χ3v) is 10.6. The molecule has 13 nitrogen and oxygen atoms in total. The molecule has 0 bridgehead atoms. The average Bonchev–Trinajstić information content (AvgIpc) is 3.07. The molecular weight excluding hydrogens is 650 g/mol. The SMILES string of the molecule is CC[C@@H]1OC(=O)C(C)(O)C(=O)[C@H](C)[C@@H](OC2O[C@H](C)C[C@H](N(C)C)[C@H]2OC(=O)c2ccccc2)[C@@](C)(OC)C[C@@H](C)C(=O)[C@@H](C)[C@@H](O)[C@]1(C)O. The number of ketones is 2. The van der Waals surface area contributed by atoms with Gasteiger partial charge in [0.25, 0.3) is 0 Å². The Labute approximate surface area is 295 Å². The van der Waals surface area contributed by atoms with E-state index in [1.54, 1.807) is 51.1 Å². The first kappa shape index (κ1) is 41.6. The van der Waals surface area contributed by atoms with Gasteiger partial charge in [0.15, 0.2) is 18.2 Å². The van der Waals surface area contributed by atoms with E-state index in [0.717, 1.165) is 6.92 Å². The number of hydrogen-bond acceptors (Lipinski definition) is 13. The standard InChI is InChI=1S/C37H57NO12/c1-12-26-36(7,44)29(40)22(4)27(39)20(2)19-35(6,46-11)31(23(5)30(41)37(8,45)34(43)48-26)50-33-28(25(38(9)10)18-21(3)47-33)49-32(42)24-16-14-13-15-17-24/h13-17,20-23,25-26,28-29,31,33,40,44-45H,12,18-19H2,1-11H3/t20-,21-,22-,23+,25+,26+,28-,29-,31-,33?,35+,36-,37?/m1/s1. The highest BCUT2D eigenvalue weighted by Crippen LogP contribution is 2.39. The zero-order chi connectivity index (χ0) is 37.9. The number of Topliss-reactive ketones (excluding diaryl/α,β-unsaturated/α-hetero) is 2. The number of esters is 2. The summed E-state index contributed by atoms with van der Waals surface area (Å²) in [5, 5.41) is 34.1. The predicted molar refractivity (Wildman–Crippen MR) is 182 cm³/mol. The number of carbonyl (C=O) groups is 4. The van der Waals surface area contributed by atoms with Crippen molar-refractivity contribution in [2.24, 2.45) is 17.8 Å². The van der Waals surface area contributed by atoms with Crippen LogP contribution in [0.5, 0.6) is 0 Å². The van der Waals surface area contributed by atoms with Crippen molar-refractivity contribution in [1.29, 1.82) is 0 Å². The fourth-order valence-electron chi connectivity index (χ4n) is 7.33. The summed E-state index contributed by atoms with van der Waals surface area (Å²) in [7, 11) is 5.06. The lowest BCUT2D eigenvalue weighted by Crippen LogP contribution is -2.62. The summed E-state index contributed by atoms with van der Waals surface area (Å²) in [4.78, 5) is 56.8. The quantitative estimate of drug-likeness (QED) is 0.279. The van der Waals surface area contributed by atoms with E-state index in [2.05, 4.69) is 0 Å². The second-order valence-electron chi connectivity index (χ2n) is 14.9. The van der Waals surface area contributed by atoms with Gasteiger partial charge in [-0.3, -0.25) is 9.59 Å². The summed E-state index contributed by atoms with van der Waals surface area (Å²) in [5.41, 5.74) is -5.98. The van der Waals surface area contributed by atoms with Gasteiger partial charge in [-0.1, -0.05) is 45.9 Å². The Morgan fingerprint density at radius 1 is 1.00 bits per heavy atom. The van der Waals surface area contributed by atoms with Crippen molar-refractivity contribution in [2.45, 2.75) is 134 Å². The molecule has 1 aromatic rings. The Morgan fingerprint density at radius 2 is 1.60 bits per heavy atom. The molecule has 2 aliphatic heterocycles. The minimum Gasteiger partial charge on any atom is -0.457 e. The second-order valence-corrected chi connectivity index (χ2v) is 14.9. The molecule has 0 spiro atoms. The first-order valence-corrected chi connectivity index (χ1v) is 17.3. The molecule has 0 amide bonds. The monoisotopic (exact) mass is 707 g/mol. The van der Waals surface area contributed by atoms with Gasteiger partial charge in [-0.2, -0.15) is 0 Å². The van der Waals surface area contributed by atoms with Gasteiger partial charge in [-0.15, -0.1) is 0 Å². The fraction of sp³-hybridized carbons (Fsp3) is 0.730. The van der Waals surface area contributed by atoms with E-state index in [4.69, 9.17) is 23.7 Å². The lowest BCUT2D eigenvalue weighted by atomic mass is 9.73. The van der Waals surface area contributed by atoms with E-state index in [1.807, 2.05) is 25.9 Å². The van der Waals surface area contributed by atoms with Crippen molar-refractivity contribution in [3.8, 4) is 0 Å². The van der Waals surface area contributed by atoms with Crippen LogP contribution in [0.1, 0.15) is 85.0 Å². The maximum atomic E-state index is 14.2. The molecule has 2 heterocycles. The number of benzene rings is 1. The minimum atomic E-state index is -2.73. The van der Waals surface area contributed by atoms with Gasteiger partial charge in [-0.25, -0.2) is 9.59 Å². The Kier molecular flexibility index (Phi) is 13.5. The number of rotatable bonds is 7. The van der Waals surface area contributed by atoms with Crippen LogP contribution in [-0.4, -0.2) is 125 Å². The Morgan fingerprint density at radius 3 is 2.14 bits per heavy atom. The zero-order valence-electron chi connectivity index (χ0n) is 31.2. The number of cyclic esters (lactones) is 1. The number of likely N-dealkylation sites (N-methyl/N-ethyl adjacent to an activating group) is 1. The van der Waals surface area contributed by atoms with Gasteiger partial charge in [0.2, 0.25) is 5.60 Å². The number of hydrogen-bond donors (Lipinski definition) is 3. The van der Waals surface area contributed by atoms with E-state index in [0.29, 0.717) is 12.0 Å². The molecule has 13 atom stereocenters. The largest absolute Gasteiger partial charge is 0.457 e. The number of ether oxygens (including phenoxy) is 5. The molecule has 2 aliphatic rings. The number of methoxy groups -OCH3 is 1. The smallest absolute Gasteiger partial charge is 0.346 e. The predicted octanol–water partition coefficient (Wildman–Crippen LogP) is 2.70. The van der Waals surface area contributed by atoms with E-state index in [9.17, 15) is 34.5 Å². The van der Waals surface area contributed by atoms with Crippen LogP contribution in [0.25, 0.3) is 0 Å². The van der Waals surface area contributed by atoms with Crippen LogP contribution >= 0.6 is 0 Å². The Balaban J connectivity index is 2.16. The van der Waals surface area contributed by atoms with Crippen LogP contribution in [0.3, 0.4) is 0 Å². The molecule has 2 unspecified atom stereocenters. The summed E-state index contributed by atoms with van der Waals surface area (Å²) < 4.78 is 30.6. The van der Waals surface area contributed by atoms with E-state index in [1.165, 1.54) is 27.9 Å². The van der Waals surface area contributed by atoms with Crippen LogP contribution in [0.4, 0.5) is 0 Å². The van der Waals surface area contributed by atoms with Crippen molar-refractivity contribution in [2.75, 3.05) is 21.2 Å². The highest BCUT2D eigenvalue weighted by atomic mass is 16.7. The van der Waals surface area contributed by atoms with Crippen LogP contribution < -0.4 is 0 Å². The second kappa shape index (κ2) is 16.3. The first-order valence-electron chi connectivity index (χ1n) is 17.3. The zero-order valence-corrected chi connectivity index (χ0v) is 31.2. The van der Waals surface area contributed by atoms with Crippen molar-refractivity contribution < 1.29 is 58.2 Å². The molecule has 0 aliphatic carbocycles. The molecule has 0 saturated carbocycles. The highest BCUT2D eigenvalue weighted by Gasteiger charge is 2.55. The van der Waals surface area contributed by atoms with Gasteiger partial charge in [-0.05, 0) is 73.2 Å². The third kappa shape index (κ3) is 8.63. The van der Waals surface area contributed by atoms with Crippen LogP contribution in [-0.2, 0) is 38.1 Å². The van der Waals surface area contributed by atoms with Gasteiger partial charge >= 0.3 is 11.9 Å². The topological polar surface area (TPSA) is 178 Å². The molecule has 50 heavy (non-hydrogen) atoms. The molecule has 2 saturated heterocycles. The van der Waals surface area contributed by atoms with Crippen molar-refractivity contribution in [3.05, 3.63) is 35.9 Å². The average molecular weight is 708 g/mol. The number of aliphatic hydroxyl groups excluding tert-OH is 1. The molecule has 13 heteroatoms.